The highest BCUT2D eigenvalue weighted by atomic mass is 32.2. The van der Waals surface area contributed by atoms with Crippen LogP contribution in [-0.2, 0) is 19.2 Å². The second-order valence-electron chi connectivity index (χ2n) is 8.14. The Morgan fingerprint density at radius 2 is 1.24 bits per heavy atom. The van der Waals surface area contributed by atoms with Gasteiger partial charge in [0.1, 0.15) is 24.2 Å². The Labute approximate surface area is 205 Å². The number of unbranched alkanes of at least 4 members (excludes halogenated alkanes) is 2. The summed E-state index contributed by atoms with van der Waals surface area (Å²) in [7, 11) is 0. The van der Waals surface area contributed by atoms with Crippen LogP contribution in [0.15, 0.2) is 0 Å². The van der Waals surface area contributed by atoms with Crippen LogP contribution < -0.4 is 33.2 Å². The molecule has 13 heteroatoms. The van der Waals surface area contributed by atoms with E-state index in [1.807, 2.05) is 6.26 Å². The first-order valence-corrected chi connectivity index (χ1v) is 12.9. The molecule has 0 rings (SSSR count). The lowest BCUT2D eigenvalue weighted by Gasteiger charge is -2.25. The Kier molecular flexibility index (Phi) is 17.4. The van der Waals surface area contributed by atoms with Crippen molar-refractivity contribution in [2.45, 2.75) is 82.1 Å². The zero-order valence-corrected chi connectivity index (χ0v) is 20.9. The van der Waals surface area contributed by atoms with Gasteiger partial charge >= 0.3 is 5.97 Å². The molecule has 0 aliphatic carbocycles. The summed E-state index contributed by atoms with van der Waals surface area (Å²) in [5.74, 6) is -2.53. The minimum atomic E-state index is -1.21. The molecule has 3 amide bonds. The summed E-state index contributed by atoms with van der Waals surface area (Å²) in [6, 6.07) is -4.30. The summed E-state index contributed by atoms with van der Waals surface area (Å²) in [5, 5.41) is 26.7. The van der Waals surface area contributed by atoms with E-state index in [9.17, 15) is 29.4 Å². The van der Waals surface area contributed by atoms with Gasteiger partial charge in [-0.15, -0.1) is 0 Å². The number of carboxylic acid groups (broad SMARTS) is 1. The topological polar surface area (TPSA) is 223 Å². The van der Waals surface area contributed by atoms with Gasteiger partial charge in [-0.1, -0.05) is 0 Å². The second kappa shape index (κ2) is 18.4. The van der Waals surface area contributed by atoms with Crippen LogP contribution in [0.5, 0.6) is 0 Å². The van der Waals surface area contributed by atoms with Crippen LogP contribution >= 0.6 is 11.8 Å². The average molecular weight is 507 g/mol. The molecule has 0 bridgehead atoms. The quantitative estimate of drug-likeness (QED) is 0.0921. The molecule has 5 atom stereocenters. The highest BCUT2D eigenvalue weighted by Crippen LogP contribution is 2.08. The zero-order valence-electron chi connectivity index (χ0n) is 20.1. The minimum Gasteiger partial charge on any atom is -0.480 e. The van der Waals surface area contributed by atoms with Crippen molar-refractivity contribution in [2.24, 2.45) is 17.2 Å². The predicted molar refractivity (Wildman–Crippen MR) is 132 cm³/mol. The number of carbonyl (C=O) groups excluding carboxylic acids is 3. The molecule has 11 N–H and O–H groups in total. The van der Waals surface area contributed by atoms with Crippen LogP contribution in [-0.4, -0.2) is 89.3 Å². The minimum absolute atomic E-state index is 0.214. The van der Waals surface area contributed by atoms with E-state index in [1.165, 1.54) is 18.7 Å². The number of carbonyl (C=O) groups is 4. The van der Waals surface area contributed by atoms with E-state index in [1.54, 1.807) is 0 Å². The lowest BCUT2D eigenvalue weighted by molar-refractivity contribution is -0.142. The Hall–Kier alpha value is -1.93. The third kappa shape index (κ3) is 13.1. The van der Waals surface area contributed by atoms with Crippen molar-refractivity contribution in [1.82, 2.24) is 16.0 Å². The van der Waals surface area contributed by atoms with E-state index in [0.29, 0.717) is 44.5 Å². The van der Waals surface area contributed by atoms with Crippen molar-refractivity contribution >= 4 is 35.5 Å². The Balaban J connectivity index is 5.43. The van der Waals surface area contributed by atoms with E-state index < -0.39 is 54.0 Å². The third-order valence-corrected chi connectivity index (χ3v) is 5.85. The SMILES string of the molecule is CSCCC(NC(=O)C(N)C(C)O)C(=O)NC(CCCCN)C(=O)NC(CCCCN)C(=O)O. The van der Waals surface area contributed by atoms with Crippen molar-refractivity contribution in [1.29, 1.82) is 0 Å². The van der Waals surface area contributed by atoms with Gasteiger partial charge in [-0.3, -0.25) is 14.4 Å². The standard InChI is InChI=1S/C21H42N6O6S/c1-13(28)17(24)20(31)26-15(9-12-34-2)19(30)25-14(7-3-5-10-22)18(29)27-16(21(32)33)8-4-6-11-23/h13-17,28H,3-12,22-24H2,1-2H3,(H,25,30)(H,26,31)(H,27,29)(H,32,33). The van der Waals surface area contributed by atoms with E-state index in [-0.39, 0.29) is 19.3 Å². The van der Waals surface area contributed by atoms with Crippen LogP contribution in [0, 0.1) is 0 Å². The molecule has 0 fully saturated rings. The van der Waals surface area contributed by atoms with Crippen molar-refractivity contribution in [3.63, 3.8) is 0 Å². The first-order chi connectivity index (χ1) is 16.1. The molecule has 0 aromatic rings. The van der Waals surface area contributed by atoms with E-state index in [0.717, 1.165) is 0 Å². The number of aliphatic carboxylic acids is 1. The molecule has 34 heavy (non-hydrogen) atoms. The Bertz CT molecular complexity index is 639. The summed E-state index contributed by atoms with van der Waals surface area (Å²) < 4.78 is 0. The average Bonchev–Trinajstić information content (AvgIpc) is 2.79. The smallest absolute Gasteiger partial charge is 0.326 e. The molecule has 12 nitrogen and oxygen atoms in total. The number of nitrogens with two attached hydrogens (primary N) is 3. The number of aliphatic hydroxyl groups is 1. The van der Waals surface area contributed by atoms with E-state index in [2.05, 4.69) is 16.0 Å². The zero-order chi connectivity index (χ0) is 26.1. The van der Waals surface area contributed by atoms with Gasteiger partial charge in [0.15, 0.2) is 0 Å². The number of aliphatic hydroxyl groups excluding tert-OH is 1. The first-order valence-electron chi connectivity index (χ1n) is 11.6. The number of amides is 3. The van der Waals surface area contributed by atoms with Gasteiger partial charge in [0.05, 0.1) is 6.10 Å². The van der Waals surface area contributed by atoms with Crippen LogP contribution in [0.25, 0.3) is 0 Å². The van der Waals surface area contributed by atoms with Gasteiger partial charge in [0, 0.05) is 0 Å². The predicted octanol–water partition coefficient (Wildman–Crippen LogP) is -1.76. The van der Waals surface area contributed by atoms with Gasteiger partial charge in [0.25, 0.3) is 0 Å². The molecule has 198 valence electrons. The largest absolute Gasteiger partial charge is 0.480 e. The van der Waals surface area contributed by atoms with Crippen LogP contribution in [0.1, 0.15) is 51.9 Å². The number of hydrogen-bond acceptors (Lipinski definition) is 9. The molecule has 0 saturated carbocycles. The lowest BCUT2D eigenvalue weighted by atomic mass is 10.0. The Morgan fingerprint density at radius 3 is 1.68 bits per heavy atom. The van der Waals surface area contributed by atoms with Crippen molar-refractivity contribution in [2.75, 3.05) is 25.1 Å². The molecule has 0 spiro atoms. The van der Waals surface area contributed by atoms with Crippen LogP contribution in [0.2, 0.25) is 0 Å². The summed E-state index contributed by atoms with van der Waals surface area (Å²) in [6.45, 7) is 2.19. The molecule has 0 heterocycles. The highest BCUT2D eigenvalue weighted by molar-refractivity contribution is 7.98. The van der Waals surface area contributed by atoms with Crippen molar-refractivity contribution in [3.8, 4) is 0 Å². The third-order valence-electron chi connectivity index (χ3n) is 5.21. The molecule has 0 aliphatic rings. The summed E-state index contributed by atoms with van der Waals surface area (Å²) >= 11 is 1.47. The van der Waals surface area contributed by atoms with Crippen molar-refractivity contribution < 1.29 is 29.4 Å². The lowest BCUT2D eigenvalue weighted by Crippen LogP contribution is -2.58. The highest BCUT2D eigenvalue weighted by Gasteiger charge is 2.30. The fourth-order valence-electron chi connectivity index (χ4n) is 3.05. The van der Waals surface area contributed by atoms with Gasteiger partial charge in [0.2, 0.25) is 17.7 Å². The normalized spacial score (nSPS) is 15.5. The van der Waals surface area contributed by atoms with Crippen molar-refractivity contribution in [3.05, 3.63) is 0 Å². The van der Waals surface area contributed by atoms with Gasteiger partial charge in [-0.2, -0.15) is 11.8 Å². The number of carboxylic acids is 1. The van der Waals surface area contributed by atoms with Gasteiger partial charge < -0.3 is 43.4 Å². The number of hydrogen-bond donors (Lipinski definition) is 8. The van der Waals surface area contributed by atoms with E-state index >= 15 is 0 Å². The van der Waals surface area contributed by atoms with Gasteiger partial charge in [-0.05, 0) is 77.0 Å². The fourth-order valence-corrected chi connectivity index (χ4v) is 3.52. The molecule has 0 aliphatic heterocycles. The summed E-state index contributed by atoms with van der Waals surface area (Å²) in [4.78, 5) is 49.7. The molecule has 0 radical (unpaired) electrons. The second-order valence-corrected chi connectivity index (χ2v) is 9.12. The molecule has 5 unspecified atom stereocenters. The molecular weight excluding hydrogens is 464 g/mol. The molecule has 0 aromatic heterocycles. The Morgan fingerprint density at radius 1 is 0.794 bits per heavy atom. The van der Waals surface area contributed by atoms with E-state index in [4.69, 9.17) is 17.2 Å². The maximum Gasteiger partial charge on any atom is 0.326 e. The maximum atomic E-state index is 13.0. The monoisotopic (exact) mass is 506 g/mol. The number of rotatable bonds is 19. The first kappa shape index (κ1) is 32.1. The number of nitrogens with one attached hydrogen (secondary N) is 3. The summed E-state index contributed by atoms with van der Waals surface area (Å²) in [6.07, 6.45) is 3.80. The van der Waals surface area contributed by atoms with Gasteiger partial charge in [-0.25, -0.2) is 4.79 Å². The molecular formula is C21H42N6O6S. The van der Waals surface area contributed by atoms with Crippen LogP contribution in [0.3, 0.4) is 0 Å². The summed E-state index contributed by atoms with van der Waals surface area (Å²) in [5.41, 5.74) is 16.6. The fraction of sp³-hybridized carbons (Fsp3) is 0.810. The number of thioether (sulfide) groups is 1. The van der Waals surface area contributed by atoms with Crippen LogP contribution in [0.4, 0.5) is 0 Å². The molecule has 0 aromatic carbocycles. The molecule has 0 saturated heterocycles. The maximum absolute atomic E-state index is 13.0.